The first-order chi connectivity index (χ1) is 10.5. The van der Waals surface area contributed by atoms with Crippen molar-refractivity contribution in [2.24, 2.45) is 5.73 Å². The van der Waals surface area contributed by atoms with Gasteiger partial charge in [-0.1, -0.05) is 36.4 Å². The number of hydrogen-bond donors (Lipinski definition) is 3. The van der Waals surface area contributed by atoms with Gasteiger partial charge in [0.25, 0.3) is 0 Å². The molecule has 0 aliphatic carbocycles. The minimum Gasteiger partial charge on any atom is -0.480 e. The molecule has 1 fully saturated rings. The maximum absolute atomic E-state index is 11.6. The lowest BCUT2D eigenvalue weighted by atomic mass is 10.0. The number of aliphatic carboxylic acids is 1. The quantitative estimate of drug-likeness (QED) is 0.778. The van der Waals surface area contributed by atoms with Crippen molar-refractivity contribution in [2.75, 3.05) is 0 Å². The molecule has 1 aliphatic heterocycles. The van der Waals surface area contributed by atoms with Gasteiger partial charge in [-0.2, -0.15) is 0 Å². The molecule has 114 valence electrons. The Morgan fingerprint density at radius 1 is 1.32 bits per heavy atom. The van der Waals surface area contributed by atoms with Crippen molar-refractivity contribution < 1.29 is 14.7 Å². The van der Waals surface area contributed by atoms with Gasteiger partial charge in [0, 0.05) is 13.0 Å². The van der Waals surface area contributed by atoms with Gasteiger partial charge < -0.3 is 10.8 Å². The Hall–Kier alpha value is -2.44. The highest BCUT2D eigenvalue weighted by Gasteiger charge is 2.37. The third kappa shape index (κ3) is 2.79. The van der Waals surface area contributed by atoms with E-state index in [0.717, 1.165) is 16.3 Å². The summed E-state index contributed by atoms with van der Waals surface area (Å²) in [5, 5.41) is 12.9. The van der Waals surface area contributed by atoms with Crippen LogP contribution >= 0.6 is 0 Å². The van der Waals surface area contributed by atoms with E-state index in [0.29, 0.717) is 6.54 Å². The molecule has 0 aromatic heterocycles. The largest absolute Gasteiger partial charge is 0.480 e. The standard InChI is InChI=1S/C16H17N3O3/c17-15(16(21)22)13-8-14(20)18-19(13)9-10-5-6-11-3-1-2-4-12(11)7-10/h1-7,13,15H,8-9,17H2,(H,18,20)(H,21,22)/t13-,15+/m1/s1. The third-order valence-corrected chi connectivity index (χ3v) is 3.93. The van der Waals surface area contributed by atoms with Crippen molar-refractivity contribution in [3.63, 3.8) is 0 Å². The van der Waals surface area contributed by atoms with E-state index in [1.165, 1.54) is 0 Å². The molecule has 0 saturated carbocycles. The average molecular weight is 299 g/mol. The molecule has 0 radical (unpaired) electrons. The molecule has 1 heterocycles. The number of nitrogens with zero attached hydrogens (tertiary/aromatic N) is 1. The smallest absolute Gasteiger partial charge is 0.322 e. The molecule has 1 saturated heterocycles. The van der Waals surface area contributed by atoms with Crippen molar-refractivity contribution in [1.29, 1.82) is 0 Å². The predicted molar refractivity (Wildman–Crippen MR) is 81.6 cm³/mol. The number of amides is 1. The highest BCUT2D eigenvalue weighted by molar-refractivity contribution is 5.83. The van der Waals surface area contributed by atoms with Crippen molar-refractivity contribution in [3.8, 4) is 0 Å². The summed E-state index contributed by atoms with van der Waals surface area (Å²) in [5.74, 6) is -1.31. The summed E-state index contributed by atoms with van der Waals surface area (Å²) in [4.78, 5) is 22.7. The summed E-state index contributed by atoms with van der Waals surface area (Å²) in [7, 11) is 0. The molecule has 3 rings (SSSR count). The Labute approximate surface area is 127 Å². The Kier molecular flexibility index (Phi) is 3.79. The molecule has 6 nitrogen and oxygen atoms in total. The molecule has 1 aliphatic rings. The van der Waals surface area contributed by atoms with E-state index < -0.39 is 18.1 Å². The van der Waals surface area contributed by atoms with Crippen LogP contribution in [-0.2, 0) is 16.1 Å². The molecule has 6 heteroatoms. The van der Waals surface area contributed by atoms with Gasteiger partial charge in [-0.15, -0.1) is 0 Å². The summed E-state index contributed by atoms with van der Waals surface area (Å²) < 4.78 is 0. The third-order valence-electron chi connectivity index (χ3n) is 3.93. The zero-order valence-corrected chi connectivity index (χ0v) is 11.9. The predicted octanol–water partition coefficient (Wildman–Crippen LogP) is 0.857. The van der Waals surface area contributed by atoms with Gasteiger partial charge in [0.2, 0.25) is 5.91 Å². The topological polar surface area (TPSA) is 95.7 Å². The van der Waals surface area contributed by atoms with Crippen molar-refractivity contribution in [3.05, 3.63) is 48.0 Å². The SMILES string of the molecule is N[C@H](C(=O)O)[C@H]1CC(=O)NN1Cc1ccc2ccccc2c1. The Morgan fingerprint density at radius 3 is 2.77 bits per heavy atom. The number of fused-ring (bicyclic) bond motifs is 1. The maximum atomic E-state index is 11.6. The van der Waals surface area contributed by atoms with Crippen LogP contribution in [0.25, 0.3) is 10.8 Å². The van der Waals surface area contributed by atoms with Gasteiger partial charge in [-0.05, 0) is 22.4 Å². The number of carboxylic acids is 1. The molecule has 0 bridgehead atoms. The fourth-order valence-electron chi connectivity index (χ4n) is 2.76. The molecule has 2 aromatic carbocycles. The van der Waals surface area contributed by atoms with Gasteiger partial charge >= 0.3 is 5.97 Å². The lowest BCUT2D eigenvalue weighted by Crippen LogP contribution is -2.50. The molecule has 0 spiro atoms. The molecular weight excluding hydrogens is 282 g/mol. The second-order valence-corrected chi connectivity index (χ2v) is 5.48. The van der Waals surface area contributed by atoms with Crippen LogP contribution in [0.15, 0.2) is 42.5 Å². The van der Waals surface area contributed by atoms with Gasteiger partial charge in [0.15, 0.2) is 0 Å². The molecule has 22 heavy (non-hydrogen) atoms. The van der Waals surface area contributed by atoms with Crippen LogP contribution in [0, 0.1) is 0 Å². The number of hydrogen-bond acceptors (Lipinski definition) is 4. The van der Waals surface area contributed by atoms with Crippen LogP contribution in [0.5, 0.6) is 0 Å². The van der Waals surface area contributed by atoms with Crippen LogP contribution < -0.4 is 11.2 Å². The van der Waals surface area contributed by atoms with E-state index in [9.17, 15) is 9.59 Å². The highest BCUT2D eigenvalue weighted by Crippen LogP contribution is 2.20. The fraction of sp³-hybridized carbons (Fsp3) is 0.250. The number of hydrazine groups is 1. The van der Waals surface area contributed by atoms with Crippen molar-refractivity contribution in [1.82, 2.24) is 10.4 Å². The number of carboxylic acid groups (broad SMARTS) is 1. The van der Waals surface area contributed by atoms with Gasteiger partial charge in [0.05, 0.1) is 6.04 Å². The van der Waals surface area contributed by atoms with E-state index in [-0.39, 0.29) is 12.3 Å². The first kappa shape index (κ1) is 14.5. The Morgan fingerprint density at radius 2 is 2.05 bits per heavy atom. The average Bonchev–Trinajstić information content (AvgIpc) is 2.86. The first-order valence-electron chi connectivity index (χ1n) is 7.07. The van der Waals surface area contributed by atoms with Gasteiger partial charge in [0.1, 0.15) is 6.04 Å². The van der Waals surface area contributed by atoms with E-state index in [1.54, 1.807) is 5.01 Å². The van der Waals surface area contributed by atoms with Gasteiger partial charge in [-0.3, -0.25) is 15.0 Å². The minimum absolute atomic E-state index is 0.0983. The summed E-state index contributed by atoms with van der Waals surface area (Å²) in [6, 6.07) is 12.4. The minimum atomic E-state index is -1.11. The van der Waals surface area contributed by atoms with Crippen molar-refractivity contribution in [2.45, 2.75) is 25.0 Å². The summed E-state index contributed by atoms with van der Waals surface area (Å²) >= 11 is 0. The number of rotatable bonds is 4. The second-order valence-electron chi connectivity index (χ2n) is 5.48. The monoisotopic (exact) mass is 299 g/mol. The lowest BCUT2D eigenvalue weighted by Gasteiger charge is -2.25. The van der Waals surface area contributed by atoms with Crippen LogP contribution in [0.3, 0.4) is 0 Å². The van der Waals surface area contributed by atoms with Crippen LogP contribution in [0.1, 0.15) is 12.0 Å². The molecular formula is C16H17N3O3. The number of benzene rings is 2. The summed E-state index contributed by atoms with van der Waals surface area (Å²) in [6.45, 7) is 0.419. The fourth-order valence-corrected chi connectivity index (χ4v) is 2.76. The van der Waals surface area contributed by atoms with Crippen LogP contribution in [0.4, 0.5) is 0 Å². The summed E-state index contributed by atoms with van der Waals surface area (Å²) in [5.41, 5.74) is 9.36. The van der Waals surface area contributed by atoms with Crippen LogP contribution in [-0.4, -0.2) is 34.1 Å². The summed E-state index contributed by atoms with van der Waals surface area (Å²) in [6.07, 6.45) is 0.0983. The second kappa shape index (κ2) is 5.75. The number of carbonyl (C=O) groups is 2. The number of nitrogens with one attached hydrogen (secondary N) is 1. The van der Waals surface area contributed by atoms with E-state index in [4.69, 9.17) is 10.8 Å². The Bertz CT molecular complexity index is 731. The molecule has 1 amide bonds. The zero-order chi connectivity index (χ0) is 15.7. The molecule has 4 N–H and O–H groups in total. The van der Waals surface area contributed by atoms with E-state index in [1.807, 2.05) is 42.5 Å². The van der Waals surface area contributed by atoms with Crippen LogP contribution in [0.2, 0.25) is 0 Å². The van der Waals surface area contributed by atoms with Crippen molar-refractivity contribution >= 4 is 22.6 Å². The molecule has 0 unspecified atom stereocenters. The van der Waals surface area contributed by atoms with E-state index in [2.05, 4.69) is 5.43 Å². The maximum Gasteiger partial charge on any atom is 0.322 e. The van der Waals surface area contributed by atoms with Gasteiger partial charge in [-0.25, -0.2) is 5.01 Å². The number of carbonyl (C=O) groups excluding carboxylic acids is 1. The zero-order valence-electron chi connectivity index (χ0n) is 11.9. The van der Waals surface area contributed by atoms with E-state index >= 15 is 0 Å². The normalized spacial score (nSPS) is 20.0. The molecule has 2 atom stereocenters. The number of nitrogens with two attached hydrogens (primary N) is 1. The lowest BCUT2D eigenvalue weighted by molar-refractivity contribution is -0.140. The Balaban J connectivity index is 1.83. The highest BCUT2D eigenvalue weighted by atomic mass is 16.4. The first-order valence-corrected chi connectivity index (χ1v) is 7.07. The molecule has 2 aromatic rings.